The van der Waals surface area contributed by atoms with Crippen LogP contribution >= 0.6 is 0 Å². The first-order valence-corrected chi connectivity index (χ1v) is 5.70. The Morgan fingerprint density at radius 3 is 2.80 bits per heavy atom. The first-order chi connectivity index (χ1) is 7.31. The predicted octanol–water partition coefficient (Wildman–Crippen LogP) is 3.85. The van der Waals surface area contributed by atoms with E-state index in [0.717, 1.165) is 23.6 Å². The molecule has 2 nitrogen and oxygen atoms in total. The molecule has 15 heavy (non-hydrogen) atoms. The van der Waals surface area contributed by atoms with E-state index >= 15 is 0 Å². The Labute approximate surface area is 91.4 Å². The van der Waals surface area contributed by atoms with Crippen molar-refractivity contribution in [1.82, 2.24) is 5.32 Å². The summed E-state index contributed by atoms with van der Waals surface area (Å²) in [6.07, 6.45) is 4.73. The van der Waals surface area contributed by atoms with Crippen LogP contribution in [0.3, 0.4) is 0 Å². The van der Waals surface area contributed by atoms with Gasteiger partial charge in [-0.25, -0.2) is 10.3 Å². The van der Waals surface area contributed by atoms with E-state index in [9.17, 15) is 0 Å². The molecule has 0 N–H and O–H groups in total. The van der Waals surface area contributed by atoms with Gasteiger partial charge in [0.05, 0.1) is 11.4 Å². The van der Waals surface area contributed by atoms with Crippen molar-refractivity contribution < 1.29 is 0 Å². The van der Waals surface area contributed by atoms with Crippen LogP contribution in [-0.4, -0.2) is 5.84 Å². The summed E-state index contributed by atoms with van der Waals surface area (Å²) in [6, 6.07) is 6.17. The van der Waals surface area contributed by atoms with Gasteiger partial charge in [0.1, 0.15) is 5.84 Å². The van der Waals surface area contributed by atoms with Crippen molar-refractivity contribution in [2.24, 2.45) is 4.99 Å². The number of aliphatic imine (C=N–C) groups is 1. The quantitative estimate of drug-likeness (QED) is 0.661. The van der Waals surface area contributed by atoms with Gasteiger partial charge >= 0.3 is 0 Å². The van der Waals surface area contributed by atoms with E-state index in [1.165, 1.54) is 24.8 Å². The van der Waals surface area contributed by atoms with Crippen molar-refractivity contribution >= 4 is 17.2 Å². The maximum Gasteiger partial charge on any atom is 0.129 e. The predicted molar refractivity (Wildman–Crippen MR) is 64.2 cm³/mol. The molecule has 1 aromatic carbocycles. The van der Waals surface area contributed by atoms with Gasteiger partial charge in [-0.3, -0.25) is 0 Å². The fourth-order valence-electron chi connectivity index (χ4n) is 1.82. The lowest BCUT2D eigenvalue weighted by molar-refractivity contribution is 0.737. The Hall–Kier alpha value is -1.31. The average molecular weight is 201 g/mol. The standard InChI is InChI=1S/C13H17N2/c1-3-4-5-9-12-14-11-8-6-7-10(2)13(11)15-12/h6-8H,3-5,9H2,1-2H3. The zero-order valence-corrected chi connectivity index (χ0v) is 9.45. The van der Waals surface area contributed by atoms with Crippen LogP contribution in [-0.2, 0) is 0 Å². The van der Waals surface area contributed by atoms with E-state index in [1.807, 2.05) is 12.1 Å². The summed E-state index contributed by atoms with van der Waals surface area (Å²) in [4.78, 5) is 4.57. The van der Waals surface area contributed by atoms with Crippen molar-refractivity contribution in [1.29, 1.82) is 0 Å². The summed E-state index contributed by atoms with van der Waals surface area (Å²) in [7, 11) is 0. The van der Waals surface area contributed by atoms with E-state index < -0.39 is 0 Å². The van der Waals surface area contributed by atoms with Gasteiger partial charge in [-0.05, 0) is 25.0 Å². The minimum Gasteiger partial charge on any atom is -0.231 e. The molecular weight excluding hydrogens is 184 g/mol. The van der Waals surface area contributed by atoms with E-state index in [4.69, 9.17) is 0 Å². The zero-order valence-electron chi connectivity index (χ0n) is 9.45. The number of rotatable bonds is 4. The number of nitrogens with zero attached hydrogens (tertiary/aromatic N) is 2. The van der Waals surface area contributed by atoms with Crippen molar-refractivity contribution in [3.63, 3.8) is 0 Å². The molecule has 79 valence electrons. The van der Waals surface area contributed by atoms with Crippen LogP contribution in [0.5, 0.6) is 0 Å². The second kappa shape index (κ2) is 4.47. The number of amidine groups is 1. The molecule has 0 saturated heterocycles. The molecule has 0 unspecified atom stereocenters. The number of fused-ring (bicyclic) bond motifs is 1. The maximum atomic E-state index is 4.57. The van der Waals surface area contributed by atoms with Gasteiger partial charge in [-0.2, -0.15) is 0 Å². The Kier molecular flexibility index (Phi) is 3.05. The third-order valence-electron chi connectivity index (χ3n) is 2.71. The van der Waals surface area contributed by atoms with Gasteiger partial charge in [-0.1, -0.05) is 31.9 Å². The summed E-state index contributed by atoms with van der Waals surface area (Å²) in [6.45, 7) is 4.30. The van der Waals surface area contributed by atoms with Gasteiger partial charge in [-0.15, -0.1) is 0 Å². The van der Waals surface area contributed by atoms with E-state index in [0.29, 0.717) is 0 Å². The highest BCUT2D eigenvalue weighted by molar-refractivity contribution is 5.96. The molecular formula is C13H17N2. The largest absolute Gasteiger partial charge is 0.231 e. The molecule has 0 bridgehead atoms. The van der Waals surface area contributed by atoms with E-state index in [1.54, 1.807) is 0 Å². The summed E-state index contributed by atoms with van der Waals surface area (Å²) in [5.74, 6) is 1.01. The van der Waals surface area contributed by atoms with E-state index in [2.05, 4.69) is 30.2 Å². The lowest BCUT2D eigenvalue weighted by Crippen LogP contribution is -2.05. The topological polar surface area (TPSA) is 26.5 Å². The first kappa shape index (κ1) is 10.2. The van der Waals surface area contributed by atoms with E-state index in [-0.39, 0.29) is 0 Å². The van der Waals surface area contributed by atoms with Crippen LogP contribution in [0.25, 0.3) is 0 Å². The molecule has 0 aromatic heterocycles. The van der Waals surface area contributed by atoms with Crippen molar-refractivity contribution in [2.45, 2.75) is 39.5 Å². The van der Waals surface area contributed by atoms with Gasteiger partial charge in [0.15, 0.2) is 0 Å². The molecule has 1 heterocycles. The van der Waals surface area contributed by atoms with Gasteiger partial charge in [0, 0.05) is 6.42 Å². The Morgan fingerprint density at radius 2 is 2.07 bits per heavy atom. The lowest BCUT2D eigenvalue weighted by Gasteiger charge is -1.99. The number of unbranched alkanes of at least 4 members (excludes halogenated alkanes) is 2. The van der Waals surface area contributed by atoms with Crippen LogP contribution < -0.4 is 5.32 Å². The second-order valence-electron chi connectivity index (χ2n) is 4.04. The van der Waals surface area contributed by atoms with Gasteiger partial charge in [0.2, 0.25) is 0 Å². The summed E-state index contributed by atoms with van der Waals surface area (Å²) >= 11 is 0. The zero-order chi connectivity index (χ0) is 10.7. The fraction of sp³-hybridized carbons (Fsp3) is 0.462. The Balaban J connectivity index is 2.04. The van der Waals surface area contributed by atoms with Crippen LogP contribution in [0.4, 0.5) is 11.4 Å². The molecule has 1 aromatic rings. The Morgan fingerprint density at radius 1 is 1.20 bits per heavy atom. The molecule has 0 fully saturated rings. The number of hydrogen-bond acceptors (Lipinski definition) is 1. The third-order valence-corrected chi connectivity index (χ3v) is 2.71. The minimum absolute atomic E-state index is 1.01. The van der Waals surface area contributed by atoms with Gasteiger partial charge < -0.3 is 0 Å². The summed E-state index contributed by atoms with van der Waals surface area (Å²) in [5.41, 5.74) is 3.34. The number of aryl methyl sites for hydroxylation is 1. The van der Waals surface area contributed by atoms with Crippen LogP contribution in [0.15, 0.2) is 23.2 Å². The monoisotopic (exact) mass is 201 g/mol. The smallest absolute Gasteiger partial charge is 0.129 e. The molecule has 0 spiro atoms. The highest BCUT2D eigenvalue weighted by Crippen LogP contribution is 2.34. The van der Waals surface area contributed by atoms with Crippen LogP contribution in [0.1, 0.15) is 38.2 Å². The highest BCUT2D eigenvalue weighted by Gasteiger charge is 2.16. The average Bonchev–Trinajstić information content (AvgIpc) is 2.63. The molecule has 1 radical (unpaired) electrons. The van der Waals surface area contributed by atoms with Crippen LogP contribution in [0, 0.1) is 6.92 Å². The van der Waals surface area contributed by atoms with Crippen LogP contribution in [0.2, 0.25) is 0 Å². The summed E-state index contributed by atoms with van der Waals surface area (Å²) < 4.78 is 0. The lowest BCUT2D eigenvalue weighted by atomic mass is 10.2. The Bertz CT molecular complexity index is 380. The SMILES string of the molecule is CCCCCC1=Nc2c(C)cccc2[N]1. The highest BCUT2D eigenvalue weighted by atomic mass is 15.1. The molecule has 2 rings (SSSR count). The molecule has 0 amide bonds. The first-order valence-electron chi connectivity index (χ1n) is 5.70. The molecule has 0 aliphatic carbocycles. The number of para-hydroxylation sites is 1. The molecule has 0 atom stereocenters. The molecule has 2 heteroatoms. The molecule has 1 aliphatic rings. The van der Waals surface area contributed by atoms with Crippen molar-refractivity contribution in [3.05, 3.63) is 23.8 Å². The fourth-order valence-corrected chi connectivity index (χ4v) is 1.82. The molecule has 0 saturated carbocycles. The third kappa shape index (κ3) is 2.20. The maximum absolute atomic E-state index is 4.57. The van der Waals surface area contributed by atoms with Gasteiger partial charge in [0.25, 0.3) is 0 Å². The second-order valence-corrected chi connectivity index (χ2v) is 4.04. The number of benzene rings is 1. The minimum atomic E-state index is 1.01. The van der Waals surface area contributed by atoms with Crippen molar-refractivity contribution in [3.8, 4) is 0 Å². The normalized spacial score (nSPS) is 13.3. The van der Waals surface area contributed by atoms with Crippen molar-refractivity contribution in [2.75, 3.05) is 0 Å². The number of hydrogen-bond donors (Lipinski definition) is 0. The molecule has 1 aliphatic heterocycles. The summed E-state index contributed by atoms with van der Waals surface area (Å²) in [5, 5.41) is 4.53.